The van der Waals surface area contributed by atoms with E-state index >= 15 is 0 Å². The maximum Gasteiger partial charge on any atom is 0.258 e. The minimum atomic E-state index is -0.233. The molecule has 0 unspecified atom stereocenters. The van der Waals surface area contributed by atoms with Crippen LogP contribution >= 0.6 is 15.9 Å². The van der Waals surface area contributed by atoms with Gasteiger partial charge in [-0.3, -0.25) is 4.79 Å². The van der Waals surface area contributed by atoms with Crippen LogP contribution < -0.4 is 10.1 Å². The fraction of sp³-hybridized carbons (Fsp3) is 0.176. The van der Waals surface area contributed by atoms with E-state index in [0.717, 1.165) is 10.0 Å². The van der Waals surface area contributed by atoms with Gasteiger partial charge in [0.25, 0.3) is 5.91 Å². The van der Waals surface area contributed by atoms with Crippen molar-refractivity contribution in [3.05, 3.63) is 64.1 Å². The van der Waals surface area contributed by atoms with Crippen molar-refractivity contribution >= 4 is 21.8 Å². The topological polar surface area (TPSA) is 62.1 Å². The molecule has 0 fully saturated rings. The molecule has 0 aliphatic rings. The van der Waals surface area contributed by atoms with Crippen LogP contribution in [0, 0.1) is 11.3 Å². The molecule has 22 heavy (non-hydrogen) atoms. The summed E-state index contributed by atoms with van der Waals surface area (Å²) in [6.45, 7) is 1.78. The van der Waals surface area contributed by atoms with Crippen LogP contribution in [-0.4, -0.2) is 12.5 Å². The van der Waals surface area contributed by atoms with Crippen LogP contribution in [0.5, 0.6) is 5.75 Å². The molecule has 0 aliphatic heterocycles. The van der Waals surface area contributed by atoms with Crippen molar-refractivity contribution in [1.82, 2.24) is 5.32 Å². The van der Waals surface area contributed by atoms with E-state index in [4.69, 9.17) is 10.00 Å². The van der Waals surface area contributed by atoms with Crippen molar-refractivity contribution in [3.8, 4) is 11.8 Å². The van der Waals surface area contributed by atoms with Gasteiger partial charge in [0.1, 0.15) is 11.8 Å². The Bertz CT molecular complexity index is 693. The molecule has 0 saturated heterocycles. The number of benzene rings is 2. The second kappa shape index (κ2) is 7.62. The number of nitriles is 1. The van der Waals surface area contributed by atoms with E-state index in [9.17, 15) is 4.79 Å². The lowest BCUT2D eigenvalue weighted by atomic mass is 10.1. The van der Waals surface area contributed by atoms with Crippen molar-refractivity contribution in [2.24, 2.45) is 0 Å². The minimum Gasteiger partial charge on any atom is -0.482 e. The zero-order chi connectivity index (χ0) is 15.9. The molecule has 112 valence electrons. The third-order valence-corrected chi connectivity index (χ3v) is 3.64. The normalized spacial score (nSPS) is 11.3. The van der Waals surface area contributed by atoms with Gasteiger partial charge in [0.05, 0.1) is 11.6 Å². The van der Waals surface area contributed by atoms with Gasteiger partial charge in [-0.1, -0.05) is 40.2 Å². The zero-order valence-corrected chi connectivity index (χ0v) is 13.6. The second-order valence-corrected chi connectivity index (χ2v) is 5.65. The number of hydrogen-bond acceptors (Lipinski definition) is 3. The van der Waals surface area contributed by atoms with Crippen molar-refractivity contribution in [2.45, 2.75) is 13.0 Å². The highest BCUT2D eigenvalue weighted by atomic mass is 79.9. The van der Waals surface area contributed by atoms with E-state index < -0.39 is 0 Å². The summed E-state index contributed by atoms with van der Waals surface area (Å²) < 4.78 is 6.40. The summed E-state index contributed by atoms with van der Waals surface area (Å²) in [6.07, 6.45) is 0. The molecule has 0 bridgehead atoms. The van der Waals surface area contributed by atoms with Gasteiger partial charge in [-0.15, -0.1) is 0 Å². The van der Waals surface area contributed by atoms with E-state index in [0.29, 0.717) is 11.3 Å². The number of amides is 1. The molecule has 1 amide bonds. The zero-order valence-electron chi connectivity index (χ0n) is 12.0. The van der Waals surface area contributed by atoms with Gasteiger partial charge >= 0.3 is 0 Å². The molecule has 0 heterocycles. The van der Waals surface area contributed by atoms with E-state index in [2.05, 4.69) is 21.2 Å². The first-order valence-corrected chi connectivity index (χ1v) is 7.56. The maximum absolute atomic E-state index is 11.9. The van der Waals surface area contributed by atoms with Crippen molar-refractivity contribution in [3.63, 3.8) is 0 Å². The molecule has 1 atom stereocenters. The van der Waals surface area contributed by atoms with Crippen LogP contribution in [0.2, 0.25) is 0 Å². The van der Waals surface area contributed by atoms with Gasteiger partial charge in [-0.05, 0) is 36.8 Å². The highest BCUT2D eigenvalue weighted by Crippen LogP contribution is 2.18. The highest BCUT2D eigenvalue weighted by Gasteiger charge is 2.11. The van der Waals surface area contributed by atoms with Gasteiger partial charge in [0, 0.05) is 4.47 Å². The first-order chi connectivity index (χ1) is 10.6. The number of nitrogens with zero attached hydrogens (tertiary/aromatic N) is 1. The fourth-order valence-corrected chi connectivity index (χ4v) is 2.21. The number of para-hydroxylation sites is 1. The number of ether oxygens (including phenoxy) is 1. The third-order valence-electron chi connectivity index (χ3n) is 3.11. The average Bonchev–Trinajstić information content (AvgIpc) is 2.53. The lowest BCUT2D eigenvalue weighted by Gasteiger charge is -2.15. The first kappa shape index (κ1) is 16.1. The standard InChI is InChI=1S/C17H15BrN2O2/c1-12(13-6-8-15(18)9-7-13)20-17(21)11-22-16-5-3-2-4-14(16)10-19/h2-9,12H,11H2,1H3,(H,20,21)/t12-/m1/s1. The van der Waals surface area contributed by atoms with Crippen LogP contribution in [0.1, 0.15) is 24.1 Å². The lowest BCUT2D eigenvalue weighted by Crippen LogP contribution is -2.31. The van der Waals surface area contributed by atoms with Crippen LogP contribution in [0.15, 0.2) is 53.0 Å². The summed E-state index contributed by atoms with van der Waals surface area (Å²) >= 11 is 3.38. The molecule has 4 nitrogen and oxygen atoms in total. The van der Waals surface area contributed by atoms with E-state index in [1.165, 1.54) is 0 Å². The summed E-state index contributed by atoms with van der Waals surface area (Å²) in [5.41, 5.74) is 1.42. The average molecular weight is 359 g/mol. The smallest absolute Gasteiger partial charge is 0.258 e. The number of nitrogens with one attached hydrogen (secondary N) is 1. The number of hydrogen-bond donors (Lipinski definition) is 1. The largest absolute Gasteiger partial charge is 0.482 e. The van der Waals surface area contributed by atoms with E-state index in [1.807, 2.05) is 37.3 Å². The van der Waals surface area contributed by atoms with Crippen molar-refractivity contribution in [2.75, 3.05) is 6.61 Å². The number of rotatable bonds is 5. The Morgan fingerprint density at radius 3 is 2.64 bits per heavy atom. The van der Waals surface area contributed by atoms with Gasteiger partial charge in [-0.25, -0.2) is 0 Å². The first-order valence-electron chi connectivity index (χ1n) is 6.77. The molecule has 0 aliphatic carbocycles. The van der Waals surface area contributed by atoms with Crippen LogP contribution in [0.4, 0.5) is 0 Å². The number of carbonyl (C=O) groups is 1. The Hall–Kier alpha value is -2.32. The number of halogens is 1. The maximum atomic E-state index is 11.9. The van der Waals surface area contributed by atoms with Gasteiger partial charge < -0.3 is 10.1 Å². The van der Waals surface area contributed by atoms with Gasteiger partial charge in [0.15, 0.2) is 6.61 Å². The molecule has 0 aromatic heterocycles. The van der Waals surface area contributed by atoms with Crippen LogP contribution in [0.25, 0.3) is 0 Å². The van der Waals surface area contributed by atoms with Crippen molar-refractivity contribution < 1.29 is 9.53 Å². The molecule has 0 radical (unpaired) electrons. The molecule has 0 saturated carbocycles. The molecule has 2 aromatic carbocycles. The second-order valence-electron chi connectivity index (χ2n) is 4.74. The van der Waals surface area contributed by atoms with Gasteiger partial charge in [0.2, 0.25) is 0 Å². The minimum absolute atomic E-state index is 0.115. The van der Waals surface area contributed by atoms with E-state index in [1.54, 1.807) is 24.3 Å². The SMILES string of the molecule is C[C@@H](NC(=O)COc1ccccc1C#N)c1ccc(Br)cc1. The Labute approximate surface area is 137 Å². The Morgan fingerprint density at radius 2 is 1.95 bits per heavy atom. The Morgan fingerprint density at radius 1 is 1.27 bits per heavy atom. The van der Waals surface area contributed by atoms with Gasteiger partial charge in [-0.2, -0.15) is 5.26 Å². The lowest BCUT2D eigenvalue weighted by molar-refractivity contribution is -0.123. The summed E-state index contributed by atoms with van der Waals surface area (Å²) in [4.78, 5) is 11.9. The summed E-state index contributed by atoms with van der Waals surface area (Å²) in [5.74, 6) is 0.180. The quantitative estimate of drug-likeness (QED) is 0.888. The monoisotopic (exact) mass is 358 g/mol. The molecular weight excluding hydrogens is 344 g/mol. The summed E-state index contributed by atoms with van der Waals surface area (Å²) in [7, 11) is 0. The predicted molar refractivity (Wildman–Crippen MR) is 87.4 cm³/mol. The summed E-state index contributed by atoms with van der Waals surface area (Å²) in [5, 5.41) is 11.8. The van der Waals surface area contributed by atoms with Crippen molar-refractivity contribution in [1.29, 1.82) is 5.26 Å². The Balaban J connectivity index is 1.90. The van der Waals surface area contributed by atoms with E-state index in [-0.39, 0.29) is 18.6 Å². The van der Waals surface area contributed by atoms with Crippen LogP contribution in [0.3, 0.4) is 0 Å². The number of carbonyl (C=O) groups excluding carboxylic acids is 1. The Kier molecular flexibility index (Phi) is 5.56. The predicted octanol–water partition coefficient (Wildman–Crippen LogP) is 3.58. The highest BCUT2D eigenvalue weighted by molar-refractivity contribution is 9.10. The third kappa shape index (κ3) is 4.34. The molecule has 0 spiro atoms. The molecule has 5 heteroatoms. The molecule has 2 aromatic rings. The summed E-state index contributed by atoms with van der Waals surface area (Å²) in [6, 6.07) is 16.5. The molecular formula is C17H15BrN2O2. The molecule has 2 rings (SSSR count). The molecule has 1 N–H and O–H groups in total. The van der Waals surface area contributed by atoms with Crippen LogP contribution in [-0.2, 0) is 4.79 Å². The fourth-order valence-electron chi connectivity index (χ4n) is 1.95.